The van der Waals surface area contributed by atoms with Crippen LogP contribution in [-0.2, 0) is 4.79 Å². The summed E-state index contributed by atoms with van der Waals surface area (Å²) >= 11 is 0. The first kappa shape index (κ1) is 18.9. The quantitative estimate of drug-likeness (QED) is 0.797. The minimum Gasteiger partial charge on any atom is -0.371 e. The molecule has 4 aliphatic rings. The lowest BCUT2D eigenvalue weighted by Crippen LogP contribution is -2.25. The monoisotopic (exact) mass is 416 g/mol. The SMILES string of the molecule is O=C1N=Cc2cnc(Nc3ccc(N4CC5CNCC5C4)cc3)nc2C1C1CCCC1. The lowest BCUT2D eigenvalue weighted by molar-refractivity contribution is -0.120. The van der Waals surface area contributed by atoms with Crippen LogP contribution in [0.25, 0.3) is 0 Å². The van der Waals surface area contributed by atoms with E-state index in [1.807, 2.05) is 0 Å². The molecule has 2 N–H and O–H groups in total. The predicted octanol–water partition coefficient (Wildman–Crippen LogP) is 3.11. The fourth-order valence-electron chi connectivity index (χ4n) is 5.81. The van der Waals surface area contributed by atoms with Crippen LogP contribution in [0.3, 0.4) is 0 Å². The smallest absolute Gasteiger partial charge is 0.255 e. The zero-order valence-electron chi connectivity index (χ0n) is 17.6. The Morgan fingerprint density at radius 2 is 1.74 bits per heavy atom. The highest BCUT2D eigenvalue weighted by molar-refractivity contribution is 6.00. The molecule has 3 aliphatic heterocycles. The van der Waals surface area contributed by atoms with Crippen molar-refractivity contribution in [3.8, 4) is 0 Å². The Balaban J connectivity index is 1.19. The summed E-state index contributed by atoms with van der Waals surface area (Å²) in [6, 6.07) is 8.52. The van der Waals surface area contributed by atoms with E-state index < -0.39 is 0 Å². The van der Waals surface area contributed by atoms with E-state index in [-0.39, 0.29) is 11.8 Å². The largest absolute Gasteiger partial charge is 0.371 e. The van der Waals surface area contributed by atoms with Crippen LogP contribution < -0.4 is 15.5 Å². The van der Waals surface area contributed by atoms with E-state index in [4.69, 9.17) is 4.98 Å². The Hall–Kier alpha value is -2.80. The third-order valence-electron chi connectivity index (χ3n) is 7.49. The van der Waals surface area contributed by atoms with Crippen molar-refractivity contribution in [3.05, 3.63) is 41.7 Å². The fraction of sp³-hybridized carbons (Fsp3) is 0.500. The summed E-state index contributed by atoms with van der Waals surface area (Å²) in [7, 11) is 0. The molecule has 31 heavy (non-hydrogen) atoms. The fourth-order valence-corrected chi connectivity index (χ4v) is 5.81. The lowest BCUT2D eigenvalue weighted by Gasteiger charge is -2.24. The molecule has 3 atom stereocenters. The number of benzene rings is 1. The van der Waals surface area contributed by atoms with Gasteiger partial charge in [-0.25, -0.2) is 15.0 Å². The summed E-state index contributed by atoms with van der Waals surface area (Å²) in [4.78, 5) is 28.4. The summed E-state index contributed by atoms with van der Waals surface area (Å²) < 4.78 is 0. The number of hydrogen-bond acceptors (Lipinski definition) is 6. The molecule has 1 amide bonds. The molecular formula is C24H28N6O. The number of aromatic nitrogens is 2. The van der Waals surface area contributed by atoms with Gasteiger partial charge in [-0.05, 0) is 54.9 Å². The second-order valence-corrected chi connectivity index (χ2v) is 9.41. The van der Waals surface area contributed by atoms with Gasteiger partial charge in [0.15, 0.2) is 0 Å². The minimum atomic E-state index is -0.225. The second-order valence-electron chi connectivity index (χ2n) is 9.41. The Morgan fingerprint density at radius 1 is 1.00 bits per heavy atom. The van der Waals surface area contributed by atoms with E-state index >= 15 is 0 Å². The third kappa shape index (κ3) is 3.51. The van der Waals surface area contributed by atoms with Crippen LogP contribution in [0.5, 0.6) is 0 Å². The molecule has 1 aliphatic carbocycles. The number of amides is 1. The van der Waals surface area contributed by atoms with E-state index in [0.29, 0.717) is 11.9 Å². The number of anilines is 3. The highest BCUT2D eigenvalue weighted by Gasteiger charge is 2.37. The maximum Gasteiger partial charge on any atom is 0.255 e. The van der Waals surface area contributed by atoms with Crippen molar-refractivity contribution in [1.29, 1.82) is 0 Å². The van der Waals surface area contributed by atoms with Crippen molar-refractivity contribution in [2.45, 2.75) is 31.6 Å². The number of carbonyl (C=O) groups excluding carboxylic acids is 1. The first-order valence-corrected chi connectivity index (χ1v) is 11.5. The molecule has 1 aromatic heterocycles. The normalized spacial score (nSPS) is 27.5. The Kier molecular flexibility index (Phi) is 4.71. The van der Waals surface area contributed by atoms with Crippen molar-refractivity contribution >= 4 is 29.4 Å². The molecule has 3 unspecified atom stereocenters. The van der Waals surface area contributed by atoms with Crippen molar-refractivity contribution in [2.75, 3.05) is 36.4 Å². The molecule has 2 aromatic rings. The zero-order chi connectivity index (χ0) is 20.8. The van der Waals surface area contributed by atoms with E-state index in [9.17, 15) is 4.79 Å². The standard InChI is InChI=1S/C24H28N6O/c31-23-21(15-3-1-2-4-15)22-16(11-26-23)12-27-24(29-22)28-19-5-7-20(8-6-19)30-13-17-9-25-10-18(17)14-30/h5-8,11-12,15,17-18,21,25H,1-4,9-10,13-14H2,(H,27,28,29). The average molecular weight is 417 g/mol. The minimum absolute atomic E-state index is 0.0565. The molecule has 160 valence electrons. The van der Waals surface area contributed by atoms with Crippen LogP contribution in [0, 0.1) is 17.8 Å². The maximum absolute atomic E-state index is 12.6. The topological polar surface area (TPSA) is 82.5 Å². The lowest BCUT2D eigenvalue weighted by atomic mass is 9.84. The molecule has 7 nitrogen and oxygen atoms in total. The Bertz CT molecular complexity index is 1000. The van der Waals surface area contributed by atoms with Crippen LogP contribution in [0.2, 0.25) is 0 Å². The third-order valence-corrected chi connectivity index (χ3v) is 7.49. The molecule has 7 heteroatoms. The van der Waals surface area contributed by atoms with Gasteiger partial charge in [-0.2, -0.15) is 0 Å². The van der Waals surface area contributed by atoms with E-state index in [0.717, 1.165) is 67.8 Å². The number of nitrogens with zero attached hydrogens (tertiary/aromatic N) is 4. The van der Waals surface area contributed by atoms with Crippen molar-refractivity contribution in [3.63, 3.8) is 0 Å². The van der Waals surface area contributed by atoms with Gasteiger partial charge in [-0.3, -0.25) is 4.79 Å². The number of rotatable bonds is 4. The van der Waals surface area contributed by atoms with Crippen LogP contribution in [0.4, 0.5) is 17.3 Å². The molecule has 0 bridgehead atoms. The van der Waals surface area contributed by atoms with Crippen LogP contribution in [0.15, 0.2) is 35.5 Å². The Morgan fingerprint density at radius 3 is 2.48 bits per heavy atom. The van der Waals surface area contributed by atoms with Gasteiger partial charge < -0.3 is 15.5 Å². The van der Waals surface area contributed by atoms with Crippen molar-refractivity contribution in [2.24, 2.45) is 22.7 Å². The van der Waals surface area contributed by atoms with Gasteiger partial charge in [0.05, 0.1) is 11.6 Å². The number of carbonyl (C=O) groups is 1. The highest BCUT2D eigenvalue weighted by atomic mass is 16.1. The molecule has 0 spiro atoms. The van der Waals surface area contributed by atoms with Gasteiger partial charge in [0, 0.05) is 55.5 Å². The van der Waals surface area contributed by atoms with Gasteiger partial charge in [-0.15, -0.1) is 0 Å². The Labute approximate surface area is 182 Å². The highest BCUT2D eigenvalue weighted by Crippen LogP contribution is 2.40. The predicted molar refractivity (Wildman–Crippen MR) is 121 cm³/mol. The van der Waals surface area contributed by atoms with E-state index in [1.165, 1.54) is 18.5 Å². The first-order chi connectivity index (χ1) is 15.2. The summed E-state index contributed by atoms with van der Waals surface area (Å²) in [6.07, 6.45) is 7.93. The van der Waals surface area contributed by atoms with Crippen molar-refractivity contribution in [1.82, 2.24) is 15.3 Å². The maximum atomic E-state index is 12.6. The van der Waals surface area contributed by atoms with Gasteiger partial charge >= 0.3 is 0 Å². The van der Waals surface area contributed by atoms with E-state index in [2.05, 4.69) is 49.8 Å². The van der Waals surface area contributed by atoms with Gasteiger partial charge in [0.1, 0.15) is 0 Å². The molecule has 0 radical (unpaired) electrons. The average Bonchev–Trinajstić information content (AvgIpc) is 3.52. The molecule has 1 aromatic carbocycles. The second kappa shape index (κ2) is 7.71. The number of fused-ring (bicyclic) bond motifs is 2. The molecular weight excluding hydrogens is 388 g/mol. The number of hydrogen-bond donors (Lipinski definition) is 2. The van der Waals surface area contributed by atoms with Crippen LogP contribution >= 0.6 is 0 Å². The summed E-state index contributed by atoms with van der Waals surface area (Å²) in [6.45, 7) is 4.56. The first-order valence-electron chi connectivity index (χ1n) is 11.5. The van der Waals surface area contributed by atoms with Gasteiger partial charge in [-0.1, -0.05) is 12.8 Å². The van der Waals surface area contributed by atoms with Gasteiger partial charge in [0.25, 0.3) is 5.91 Å². The summed E-state index contributed by atoms with van der Waals surface area (Å²) in [5, 5.41) is 6.83. The van der Waals surface area contributed by atoms with E-state index in [1.54, 1.807) is 12.4 Å². The molecule has 6 rings (SSSR count). The van der Waals surface area contributed by atoms with Gasteiger partial charge in [0.2, 0.25) is 5.95 Å². The number of aliphatic imine (C=N–C) groups is 1. The molecule has 4 heterocycles. The summed E-state index contributed by atoms with van der Waals surface area (Å²) in [5.74, 6) is 2.17. The molecule has 2 saturated heterocycles. The summed E-state index contributed by atoms with van der Waals surface area (Å²) in [5.41, 5.74) is 3.93. The molecule has 3 fully saturated rings. The number of nitrogens with one attached hydrogen (secondary N) is 2. The van der Waals surface area contributed by atoms with Crippen molar-refractivity contribution < 1.29 is 4.79 Å². The van der Waals surface area contributed by atoms with Crippen LogP contribution in [-0.4, -0.2) is 48.3 Å². The zero-order valence-corrected chi connectivity index (χ0v) is 17.6. The molecule has 1 saturated carbocycles. The van der Waals surface area contributed by atoms with Crippen LogP contribution in [0.1, 0.15) is 42.9 Å².